The molecule has 0 saturated carbocycles. The van der Waals surface area contributed by atoms with E-state index in [0.717, 1.165) is 11.3 Å². The van der Waals surface area contributed by atoms with Crippen molar-refractivity contribution in [1.82, 2.24) is 15.1 Å². The largest absolute Gasteiger partial charge is 0.384 e. The van der Waals surface area contributed by atoms with Gasteiger partial charge in [-0.25, -0.2) is 0 Å². The average molecular weight is 283 g/mol. The van der Waals surface area contributed by atoms with Gasteiger partial charge in [-0.15, -0.1) is 0 Å². The molecule has 21 heavy (non-hydrogen) atoms. The van der Waals surface area contributed by atoms with E-state index in [1.807, 2.05) is 32.3 Å². The van der Waals surface area contributed by atoms with Crippen LogP contribution in [0, 0.1) is 18.8 Å². The van der Waals surface area contributed by atoms with E-state index < -0.39 is 0 Å². The first kappa shape index (κ1) is 14.8. The van der Waals surface area contributed by atoms with Crippen LogP contribution in [0.2, 0.25) is 0 Å². The number of amides is 1. The van der Waals surface area contributed by atoms with Gasteiger partial charge in [0.25, 0.3) is 5.91 Å². The van der Waals surface area contributed by atoms with Crippen molar-refractivity contribution in [1.29, 1.82) is 0 Å². The van der Waals surface area contributed by atoms with Gasteiger partial charge in [-0.05, 0) is 36.8 Å². The molecule has 0 bridgehead atoms. The smallest absolute Gasteiger partial charge is 0.251 e. The standard InChI is InChI=1S/C16H17N3O2/c1-12-8-13(4-3-7-20)10-14(9-12)16(21)17-11-15-5-6-19(2)18-15/h5-6,8-10,20H,7,11H2,1-2H3,(H,17,21). The van der Waals surface area contributed by atoms with E-state index >= 15 is 0 Å². The Bertz CT molecular complexity index is 708. The predicted molar refractivity (Wildman–Crippen MR) is 79.5 cm³/mol. The third kappa shape index (κ3) is 4.20. The monoisotopic (exact) mass is 283 g/mol. The van der Waals surface area contributed by atoms with E-state index in [-0.39, 0.29) is 12.5 Å². The Kier molecular flexibility index (Phi) is 4.75. The second-order valence-corrected chi connectivity index (χ2v) is 4.71. The summed E-state index contributed by atoms with van der Waals surface area (Å²) in [6.45, 7) is 2.08. The minimum absolute atomic E-state index is 0.170. The molecule has 2 N–H and O–H groups in total. The Balaban J connectivity index is 2.09. The molecule has 1 aromatic carbocycles. The first-order valence-corrected chi connectivity index (χ1v) is 6.56. The van der Waals surface area contributed by atoms with Crippen LogP contribution in [0.1, 0.15) is 27.2 Å². The number of nitrogens with zero attached hydrogens (tertiary/aromatic N) is 2. The molecule has 0 saturated heterocycles. The SMILES string of the molecule is Cc1cc(C#CCO)cc(C(=O)NCc2ccn(C)n2)c1. The third-order valence-electron chi connectivity index (χ3n) is 2.85. The molecule has 108 valence electrons. The Labute approximate surface area is 123 Å². The molecule has 0 unspecified atom stereocenters. The van der Waals surface area contributed by atoms with Gasteiger partial charge in [0.15, 0.2) is 0 Å². The van der Waals surface area contributed by atoms with Gasteiger partial charge in [-0.2, -0.15) is 5.10 Å². The van der Waals surface area contributed by atoms with E-state index in [1.54, 1.807) is 16.8 Å². The Morgan fingerprint density at radius 2 is 2.24 bits per heavy atom. The van der Waals surface area contributed by atoms with Crippen molar-refractivity contribution in [2.24, 2.45) is 7.05 Å². The van der Waals surface area contributed by atoms with Gasteiger partial charge in [-0.1, -0.05) is 11.8 Å². The number of aromatic nitrogens is 2. The van der Waals surface area contributed by atoms with E-state index in [2.05, 4.69) is 22.3 Å². The molecule has 5 heteroatoms. The fourth-order valence-corrected chi connectivity index (χ4v) is 1.96. The lowest BCUT2D eigenvalue weighted by atomic mass is 10.1. The molecule has 0 spiro atoms. The van der Waals surface area contributed by atoms with Crippen molar-refractivity contribution in [3.63, 3.8) is 0 Å². The van der Waals surface area contributed by atoms with Gasteiger partial charge < -0.3 is 10.4 Å². The number of hydrogen-bond acceptors (Lipinski definition) is 3. The molecule has 0 aliphatic heterocycles. The van der Waals surface area contributed by atoms with E-state index in [4.69, 9.17) is 5.11 Å². The van der Waals surface area contributed by atoms with Gasteiger partial charge in [0.2, 0.25) is 0 Å². The summed E-state index contributed by atoms with van der Waals surface area (Å²) < 4.78 is 1.69. The van der Waals surface area contributed by atoms with Crippen LogP contribution in [0.3, 0.4) is 0 Å². The number of aliphatic hydroxyl groups excluding tert-OH is 1. The van der Waals surface area contributed by atoms with Crippen molar-refractivity contribution in [2.45, 2.75) is 13.5 Å². The van der Waals surface area contributed by atoms with Gasteiger partial charge in [0.05, 0.1) is 12.2 Å². The molecular weight excluding hydrogens is 266 g/mol. The molecular formula is C16H17N3O2. The predicted octanol–water partition coefficient (Wildman–Crippen LogP) is 1.00. The lowest BCUT2D eigenvalue weighted by Crippen LogP contribution is -2.23. The van der Waals surface area contributed by atoms with Crippen LogP contribution >= 0.6 is 0 Å². The highest BCUT2D eigenvalue weighted by Crippen LogP contribution is 2.09. The van der Waals surface area contributed by atoms with Crippen molar-refractivity contribution < 1.29 is 9.90 Å². The van der Waals surface area contributed by atoms with Crippen LogP contribution in [0.4, 0.5) is 0 Å². The second kappa shape index (κ2) is 6.73. The van der Waals surface area contributed by atoms with Crippen molar-refractivity contribution >= 4 is 5.91 Å². The normalized spacial score (nSPS) is 9.86. The molecule has 1 aromatic heterocycles. The summed E-state index contributed by atoms with van der Waals surface area (Å²) in [5.41, 5.74) is 3.02. The summed E-state index contributed by atoms with van der Waals surface area (Å²) in [4.78, 5) is 12.2. The van der Waals surface area contributed by atoms with Crippen LogP contribution in [-0.2, 0) is 13.6 Å². The van der Waals surface area contributed by atoms with Crippen molar-refractivity contribution in [2.75, 3.05) is 6.61 Å². The zero-order chi connectivity index (χ0) is 15.2. The van der Waals surface area contributed by atoms with Crippen LogP contribution in [0.15, 0.2) is 30.5 Å². The van der Waals surface area contributed by atoms with Crippen molar-refractivity contribution in [3.8, 4) is 11.8 Å². The Hall–Kier alpha value is -2.58. The number of carbonyl (C=O) groups excluding carboxylic acids is 1. The van der Waals surface area contributed by atoms with Gasteiger partial charge in [0.1, 0.15) is 6.61 Å². The lowest BCUT2D eigenvalue weighted by Gasteiger charge is -2.05. The fourth-order valence-electron chi connectivity index (χ4n) is 1.96. The number of carbonyl (C=O) groups is 1. The molecule has 0 radical (unpaired) electrons. The number of hydrogen-bond donors (Lipinski definition) is 2. The number of aryl methyl sites for hydroxylation is 2. The van der Waals surface area contributed by atoms with E-state index in [1.165, 1.54) is 0 Å². The first-order chi connectivity index (χ1) is 10.1. The molecule has 1 amide bonds. The van der Waals surface area contributed by atoms with Crippen LogP contribution in [-0.4, -0.2) is 27.4 Å². The third-order valence-corrected chi connectivity index (χ3v) is 2.85. The number of benzene rings is 1. The summed E-state index contributed by atoms with van der Waals surface area (Å²) in [5, 5.41) is 15.8. The average Bonchev–Trinajstić information content (AvgIpc) is 2.87. The molecule has 2 rings (SSSR count). The summed E-state index contributed by atoms with van der Waals surface area (Å²) in [5.74, 6) is 5.22. The molecule has 0 aliphatic carbocycles. The molecule has 5 nitrogen and oxygen atoms in total. The van der Waals surface area contributed by atoms with Gasteiger partial charge in [-0.3, -0.25) is 9.48 Å². The second-order valence-electron chi connectivity index (χ2n) is 4.71. The first-order valence-electron chi connectivity index (χ1n) is 6.56. The maximum absolute atomic E-state index is 12.2. The van der Waals surface area contributed by atoms with Gasteiger partial charge >= 0.3 is 0 Å². The fraction of sp³-hybridized carbons (Fsp3) is 0.250. The maximum Gasteiger partial charge on any atom is 0.251 e. The maximum atomic E-state index is 12.2. The van der Waals surface area contributed by atoms with E-state index in [0.29, 0.717) is 17.7 Å². The number of nitrogens with one attached hydrogen (secondary N) is 1. The Morgan fingerprint density at radius 3 is 2.90 bits per heavy atom. The molecule has 2 aromatic rings. The highest BCUT2D eigenvalue weighted by Gasteiger charge is 2.07. The van der Waals surface area contributed by atoms with Crippen molar-refractivity contribution in [3.05, 3.63) is 52.8 Å². The molecule has 0 atom stereocenters. The topological polar surface area (TPSA) is 67.2 Å². The summed E-state index contributed by atoms with van der Waals surface area (Å²) in [6.07, 6.45) is 1.83. The summed E-state index contributed by atoms with van der Waals surface area (Å²) in [7, 11) is 1.83. The molecule has 1 heterocycles. The van der Waals surface area contributed by atoms with Crippen LogP contribution in [0.5, 0.6) is 0 Å². The molecule has 0 aliphatic rings. The Morgan fingerprint density at radius 1 is 1.43 bits per heavy atom. The minimum Gasteiger partial charge on any atom is -0.384 e. The summed E-state index contributed by atoms with van der Waals surface area (Å²) in [6, 6.07) is 7.24. The van der Waals surface area contributed by atoms with Crippen LogP contribution in [0.25, 0.3) is 0 Å². The molecule has 0 fully saturated rings. The van der Waals surface area contributed by atoms with Crippen LogP contribution < -0.4 is 5.32 Å². The number of aliphatic hydroxyl groups is 1. The highest BCUT2D eigenvalue weighted by molar-refractivity contribution is 5.94. The van der Waals surface area contributed by atoms with E-state index in [9.17, 15) is 4.79 Å². The zero-order valence-corrected chi connectivity index (χ0v) is 12.1. The quantitative estimate of drug-likeness (QED) is 0.826. The zero-order valence-electron chi connectivity index (χ0n) is 12.1. The number of rotatable bonds is 3. The highest BCUT2D eigenvalue weighted by atomic mass is 16.2. The minimum atomic E-state index is -0.199. The lowest BCUT2D eigenvalue weighted by molar-refractivity contribution is 0.0950. The van der Waals surface area contributed by atoms with Gasteiger partial charge in [0, 0.05) is 24.4 Å². The summed E-state index contributed by atoms with van der Waals surface area (Å²) >= 11 is 0.